The predicted octanol–water partition coefficient (Wildman–Crippen LogP) is 4.16. The largest absolute Gasteiger partial charge is 0.497 e. The molecule has 3 amide bonds. The van der Waals surface area contributed by atoms with Gasteiger partial charge in [0.25, 0.3) is 11.8 Å². The van der Waals surface area contributed by atoms with Crippen LogP contribution in [-0.2, 0) is 4.79 Å². The molecule has 0 aliphatic carbocycles. The first-order chi connectivity index (χ1) is 14.4. The molecule has 30 heavy (non-hydrogen) atoms. The van der Waals surface area contributed by atoms with Crippen LogP contribution in [0.4, 0.5) is 17.1 Å². The number of hydrogen-bond donors (Lipinski definition) is 3. The Kier molecular flexibility index (Phi) is 6.44. The van der Waals surface area contributed by atoms with Crippen LogP contribution in [0, 0.1) is 0 Å². The highest BCUT2D eigenvalue weighted by atomic mass is 16.5. The number of carbonyl (C=O) groups excluding carboxylic acids is 3. The molecular weight excluding hydrogens is 382 g/mol. The van der Waals surface area contributed by atoms with Crippen LogP contribution in [0.1, 0.15) is 27.6 Å². The van der Waals surface area contributed by atoms with Crippen LogP contribution in [0.3, 0.4) is 0 Å². The molecule has 3 N–H and O–H groups in total. The molecule has 7 nitrogen and oxygen atoms in total. The van der Waals surface area contributed by atoms with Crippen LogP contribution in [0.2, 0.25) is 0 Å². The van der Waals surface area contributed by atoms with Crippen LogP contribution in [-0.4, -0.2) is 24.8 Å². The second kappa shape index (κ2) is 9.38. The number of ether oxygens (including phenoxy) is 1. The molecule has 7 heteroatoms. The lowest BCUT2D eigenvalue weighted by molar-refractivity contribution is -0.114. The summed E-state index contributed by atoms with van der Waals surface area (Å²) >= 11 is 0. The van der Waals surface area contributed by atoms with Gasteiger partial charge in [-0.25, -0.2) is 0 Å². The first kappa shape index (κ1) is 20.6. The van der Waals surface area contributed by atoms with E-state index >= 15 is 0 Å². The molecule has 0 unspecified atom stereocenters. The predicted molar refractivity (Wildman–Crippen MR) is 116 cm³/mol. The SMILES string of the molecule is COc1ccc(NC(=O)c2ccc(NC(=O)c3ccc(NC(C)=O)cc3)cc2)cc1. The normalized spacial score (nSPS) is 10.1. The highest BCUT2D eigenvalue weighted by Gasteiger charge is 2.09. The molecule has 0 saturated carbocycles. The van der Waals surface area contributed by atoms with E-state index in [1.54, 1.807) is 79.9 Å². The van der Waals surface area contributed by atoms with Gasteiger partial charge >= 0.3 is 0 Å². The Labute approximate surface area is 174 Å². The molecule has 0 atom stereocenters. The maximum absolute atomic E-state index is 12.4. The van der Waals surface area contributed by atoms with Crippen molar-refractivity contribution in [3.63, 3.8) is 0 Å². The number of hydrogen-bond acceptors (Lipinski definition) is 4. The average Bonchev–Trinajstić information content (AvgIpc) is 2.75. The Morgan fingerprint density at radius 3 is 1.33 bits per heavy atom. The van der Waals surface area contributed by atoms with Gasteiger partial charge in [0.2, 0.25) is 5.91 Å². The monoisotopic (exact) mass is 403 g/mol. The van der Waals surface area contributed by atoms with Gasteiger partial charge in [0.15, 0.2) is 0 Å². The number of rotatable bonds is 6. The zero-order valence-corrected chi connectivity index (χ0v) is 16.6. The van der Waals surface area contributed by atoms with Gasteiger partial charge in [-0.05, 0) is 72.8 Å². The molecule has 152 valence electrons. The fourth-order valence-corrected chi connectivity index (χ4v) is 2.69. The molecule has 0 saturated heterocycles. The number of amides is 3. The maximum Gasteiger partial charge on any atom is 0.255 e. The lowest BCUT2D eigenvalue weighted by Crippen LogP contribution is -2.14. The quantitative estimate of drug-likeness (QED) is 0.576. The van der Waals surface area contributed by atoms with Gasteiger partial charge in [0, 0.05) is 35.1 Å². The molecule has 0 heterocycles. The second-order valence-electron chi connectivity index (χ2n) is 6.47. The molecule has 0 aliphatic heterocycles. The first-order valence-corrected chi connectivity index (χ1v) is 9.19. The van der Waals surface area contributed by atoms with Crippen molar-refractivity contribution in [3.8, 4) is 5.75 Å². The van der Waals surface area contributed by atoms with Crippen molar-refractivity contribution in [2.24, 2.45) is 0 Å². The standard InChI is InChI=1S/C23H21N3O4/c1-15(27)24-18-7-3-16(4-8-18)22(28)25-19-9-5-17(6-10-19)23(29)26-20-11-13-21(30-2)14-12-20/h3-14H,1-2H3,(H,24,27)(H,25,28)(H,26,29). The molecule has 0 radical (unpaired) electrons. The van der Waals surface area contributed by atoms with Gasteiger partial charge in [-0.15, -0.1) is 0 Å². The summed E-state index contributed by atoms with van der Waals surface area (Å²) in [5.74, 6) is -0.0208. The van der Waals surface area contributed by atoms with E-state index < -0.39 is 0 Å². The Morgan fingerprint density at radius 1 is 0.600 bits per heavy atom. The van der Waals surface area contributed by atoms with Crippen molar-refractivity contribution in [2.45, 2.75) is 6.92 Å². The molecular formula is C23H21N3O4. The molecule has 0 spiro atoms. The number of anilines is 3. The van der Waals surface area contributed by atoms with Gasteiger partial charge in [0.1, 0.15) is 5.75 Å². The molecule has 3 aromatic rings. The summed E-state index contributed by atoms with van der Waals surface area (Å²) in [5.41, 5.74) is 2.74. The van der Waals surface area contributed by atoms with E-state index in [0.717, 1.165) is 0 Å². The zero-order chi connectivity index (χ0) is 21.5. The van der Waals surface area contributed by atoms with Crippen LogP contribution >= 0.6 is 0 Å². The molecule has 3 aromatic carbocycles. The number of nitrogens with one attached hydrogen (secondary N) is 3. The highest BCUT2D eigenvalue weighted by molar-refractivity contribution is 6.06. The molecule has 0 aromatic heterocycles. The summed E-state index contributed by atoms with van der Waals surface area (Å²) < 4.78 is 5.09. The van der Waals surface area contributed by atoms with Gasteiger partial charge in [-0.1, -0.05) is 0 Å². The topological polar surface area (TPSA) is 96.5 Å². The lowest BCUT2D eigenvalue weighted by atomic mass is 10.1. The van der Waals surface area contributed by atoms with E-state index in [1.807, 2.05) is 0 Å². The maximum atomic E-state index is 12.4. The Balaban J connectivity index is 1.59. The van der Waals surface area contributed by atoms with Gasteiger partial charge in [0.05, 0.1) is 7.11 Å². The molecule has 3 rings (SSSR count). The van der Waals surface area contributed by atoms with E-state index in [2.05, 4.69) is 16.0 Å². The minimum Gasteiger partial charge on any atom is -0.497 e. The van der Waals surface area contributed by atoms with Crippen LogP contribution in [0.15, 0.2) is 72.8 Å². The summed E-state index contributed by atoms with van der Waals surface area (Å²) in [5, 5.41) is 8.22. The first-order valence-electron chi connectivity index (χ1n) is 9.19. The summed E-state index contributed by atoms with van der Waals surface area (Å²) in [6, 6.07) is 20.2. The Morgan fingerprint density at radius 2 is 0.967 bits per heavy atom. The van der Waals surface area contributed by atoms with Crippen molar-refractivity contribution in [1.82, 2.24) is 0 Å². The third-order valence-corrected chi connectivity index (χ3v) is 4.22. The average molecular weight is 403 g/mol. The van der Waals surface area contributed by atoms with Crippen molar-refractivity contribution < 1.29 is 19.1 Å². The highest BCUT2D eigenvalue weighted by Crippen LogP contribution is 2.17. The Hall–Kier alpha value is -4.13. The van der Waals surface area contributed by atoms with E-state index in [4.69, 9.17) is 4.74 Å². The summed E-state index contributed by atoms with van der Waals surface area (Å²) in [4.78, 5) is 35.8. The fourth-order valence-electron chi connectivity index (χ4n) is 2.69. The van der Waals surface area contributed by atoms with E-state index in [1.165, 1.54) is 6.92 Å². The van der Waals surface area contributed by atoms with E-state index in [9.17, 15) is 14.4 Å². The smallest absolute Gasteiger partial charge is 0.255 e. The third kappa shape index (κ3) is 5.45. The molecule has 0 fully saturated rings. The van der Waals surface area contributed by atoms with Crippen molar-refractivity contribution in [2.75, 3.05) is 23.1 Å². The molecule has 0 aliphatic rings. The number of carbonyl (C=O) groups is 3. The lowest BCUT2D eigenvalue weighted by Gasteiger charge is -2.09. The van der Waals surface area contributed by atoms with Crippen LogP contribution < -0.4 is 20.7 Å². The second-order valence-corrected chi connectivity index (χ2v) is 6.47. The van der Waals surface area contributed by atoms with Gasteiger partial charge < -0.3 is 20.7 Å². The summed E-state index contributed by atoms with van der Waals surface area (Å²) in [7, 11) is 1.58. The van der Waals surface area contributed by atoms with Crippen molar-refractivity contribution in [3.05, 3.63) is 83.9 Å². The third-order valence-electron chi connectivity index (χ3n) is 4.22. The number of benzene rings is 3. The van der Waals surface area contributed by atoms with Gasteiger partial charge in [-0.3, -0.25) is 14.4 Å². The minimum atomic E-state index is -0.292. The number of methoxy groups -OCH3 is 1. The summed E-state index contributed by atoms with van der Waals surface area (Å²) in [6.45, 7) is 1.42. The minimum absolute atomic E-state index is 0.177. The van der Waals surface area contributed by atoms with E-state index in [-0.39, 0.29) is 17.7 Å². The fraction of sp³-hybridized carbons (Fsp3) is 0.0870. The van der Waals surface area contributed by atoms with E-state index in [0.29, 0.717) is 33.9 Å². The van der Waals surface area contributed by atoms with Crippen molar-refractivity contribution >= 4 is 34.8 Å². The van der Waals surface area contributed by atoms with Crippen LogP contribution in [0.25, 0.3) is 0 Å². The summed E-state index contributed by atoms with van der Waals surface area (Å²) in [6.07, 6.45) is 0. The zero-order valence-electron chi connectivity index (χ0n) is 16.6. The Bertz CT molecular complexity index is 1040. The van der Waals surface area contributed by atoms with Gasteiger partial charge in [-0.2, -0.15) is 0 Å². The van der Waals surface area contributed by atoms with Crippen LogP contribution in [0.5, 0.6) is 5.75 Å². The molecule has 0 bridgehead atoms. The van der Waals surface area contributed by atoms with Crippen molar-refractivity contribution in [1.29, 1.82) is 0 Å².